The lowest BCUT2D eigenvalue weighted by atomic mass is 10.2. The van der Waals surface area contributed by atoms with Crippen molar-refractivity contribution in [2.75, 3.05) is 13.1 Å². The highest BCUT2D eigenvalue weighted by Gasteiger charge is 2.19. The topological polar surface area (TPSA) is 59.6 Å². The third-order valence-corrected chi connectivity index (χ3v) is 1.69. The van der Waals surface area contributed by atoms with Gasteiger partial charge in [0.05, 0.1) is 6.10 Å². The molecule has 1 aliphatic heterocycles. The molecule has 1 aliphatic rings. The molecule has 0 aliphatic carbocycles. The summed E-state index contributed by atoms with van der Waals surface area (Å²) in [5, 5.41) is 2.65. The van der Waals surface area contributed by atoms with Crippen LogP contribution in [0, 0.1) is 0 Å². The SMILES string of the molecule is CC(C)(C)OC(=O)NC[C@H]1CCNO1. The molecule has 82 valence electrons. The minimum Gasteiger partial charge on any atom is -0.444 e. The molecular weight excluding hydrogens is 184 g/mol. The number of hydrogen-bond acceptors (Lipinski definition) is 4. The summed E-state index contributed by atoms with van der Waals surface area (Å²) < 4.78 is 5.07. The zero-order valence-corrected chi connectivity index (χ0v) is 8.92. The number of amides is 1. The van der Waals surface area contributed by atoms with Crippen LogP contribution in [0.25, 0.3) is 0 Å². The van der Waals surface area contributed by atoms with E-state index >= 15 is 0 Å². The number of carbonyl (C=O) groups is 1. The quantitative estimate of drug-likeness (QED) is 0.695. The van der Waals surface area contributed by atoms with E-state index in [4.69, 9.17) is 9.57 Å². The number of hydroxylamine groups is 1. The van der Waals surface area contributed by atoms with Crippen molar-refractivity contribution in [3.8, 4) is 0 Å². The molecule has 0 unspecified atom stereocenters. The lowest BCUT2D eigenvalue weighted by Gasteiger charge is -2.20. The summed E-state index contributed by atoms with van der Waals surface area (Å²) in [6, 6.07) is 0. The van der Waals surface area contributed by atoms with Gasteiger partial charge in [0.15, 0.2) is 0 Å². The van der Waals surface area contributed by atoms with E-state index in [1.54, 1.807) is 0 Å². The summed E-state index contributed by atoms with van der Waals surface area (Å²) in [6.45, 7) is 6.82. The molecule has 5 nitrogen and oxygen atoms in total. The van der Waals surface area contributed by atoms with Crippen molar-refractivity contribution in [2.24, 2.45) is 0 Å². The maximum atomic E-state index is 11.2. The fraction of sp³-hybridized carbons (Fsp3) is 0.889. The number of carbonyl (C=O) groups excluding carboxylic acids is 1. The first-order chi connectivity index (χ1) is 6.47. The Hall–Kier alpha value is -0.810. The molecule has 0 bridgehead atoms. The second-order valence-electron chi connectivity index (χ2n) is 4.31. The number of hydrogen-bond donors (Lipinski definition) is 2. The van der Waals surface area contributed by atoms with Crippen LogP contribution in [0.15, 0.2) is 0 Å². The third-order valence-electron chi connectivity index (χ3n) is 1.69. The van der Waals surface area contributed by atoms with Crippen LogP contribution < -0.4 is 10.8 Å². The van der Waals surface area contributed by atoms with E-state index in [9.17, 15) is 4.79 Å². The molecule has 0 aromatic rings. The molecule has 1 fully saturated rings. The van der Waals surface area contributed by atoms with E-state index in [0.29, 0.717) is 6.54 Å². The summed E-state index contributed by atoms with van der Waals surface area (Å²) in [6.07, 6.45) is 0.575. The molecule has 5 heteroatoms. The number of alkyl carbamates (subject to hydrolysis) is 1. The first kappa shape index (κ1) is 11.3. The van der Waals surface area contributed by atoms with Crippen molar-refractivity contribution in [1.82, 2.24) is 10.8 Å². The molecular formula is C9H18N2O3. The van der Waals surface area contributed by atoms with Gasteiger partial charge in [0.1, 0.15) is 5.60 Å². The van der Waals surface area contributed by atoms with Crippen molar-refractivity contribution >= 4 is 6.09 Å². The Balaban J connectivity index is 2.14. The van der Waals surface area contributed by atoms with Gasteiger partial charge in [-0.1, -0.05) is 0 Å². The highest BCUT2D eigenvalue weighted by atomic mass is 16.7. The Bertz CT molecular complexity index is 195. The Labute approximate surface area is 84.1 Å². The van der Waals surface area contributed by atoms with Crippen molar-refractivity contribution in [1.29, 1.82) is 0 Å². The zero-order valence-electron chi connectivity index (χ0n) is 8.92. The molecule has 1 amide bonds. The van der Waals surface area contributed by atoms with Crippen molar-refractivity contribution in [3.63, 3.8) is 0 Å². The van der Waals surface area contributed by atoms with Gasteiger partial charge in [0.25, 0.3) is 0 Å². The predicted molar refractivity (Wildman–Crippen MR) is 51.7 cm³/mol. The van der Waals surface area contributed by atoms with Gasteiger partial charge in [0.2, 0.25) is 0 Å². The van der Waals surface area contributed by atoms with Crippen molar-refractivity contribution in [2.45, 2.75) is 38.9 Å². The van der Waals surface area contributed by atoms with Gasteiger partial charge >= 0.3 is 6.09 Å². The minimum atomic E-state index is -0.446. The van der Waals surface area contributed by atoms with Crippen LogP contribution in [0.3, 0.4) is 0 Å². The van der Waals surface area contributed by atoms with Crippen LogP contribution in [0.1, 0.15) is 27.2 Å². The molecule has 1 atom stereocenters. The molecule has 1 heterocycles. The van der Waals surface area contributed by atoms with Crippen LogP contribution in [0.5, 0.6) is 0 Å². The van der Waals surface area contributed by atoms with E-state index < -0.39 is 11.7 Å². The standard InChI is InChI=1S/C9H18N2O3/c1-9(2,3)13-8(12)10-6-7-4-5-11-14-7/h7,11H,4-6H2,1-3H3,(H,10,12)/t7-/m1/s1. The van der Waals surface area contributed by atoms with Crippen LogP contribution in [0.2, 0.25) is 0 Å². The molecule has 0 aromatic carbocycles. The normalized spacial score (nSPS) is 22.1. The molecule has 0 saturated carbocycles. The van der Waals surface area contributed by atoms with Gasteiger partial charge in [-0.2, -0.15) is 0 Å². The fourth-order valence-electron chi connectivity index (χ4n) is 1.11. The Morgan fingerprint density at radius 2 is 2.36 bits per heavy atom. The monoisotopic (exact) mass is 202 g/mol. The van der Waals surface area contributed by atoms with Gasteiger partial charge < -0.3 is 10.1 Å². The van der Waals surface area contributed by atoms with Gasteiger partial charge in [-0.3, -0.25) is 4.84 Å². The van der Waals surface area contributed by atoms with E-state index in [-0.39, 0.29) is 6.10 Å². The lowest BCUT2D eigenvalue weighted by Crippen LogP contribution is -2.37. The number of ether oxygens (including phenoxy) is 1. The molecule has 0 radical (unpaired) electrons. The smallest absolute Gasteiger partial charge is 0.407 e. The second kappa shape index (κ2) is 4.61. The average molecular weight is 202 g/mol. The van der Waals surface area contributed by atoms with Gasteiger partial charge in [-0.15, -0.1) is 0 Å². The van der Waals surface area contributed by atoms with Crippen LogP contribution in [-0.4, -0.2) is 30.9 Å². The van der Waals surface area contributed by atoms with Crippen molar-refractivity contribution in [3.05, 3.63) is 0 Å². The van der Waals surface area contributed by atoms with Crippen LogP contribution >= 0.6 is 0 Å². The molecule has 1 rings (SSSR count). The summed E-state index contributed by atoms with van der Waals surface area (Å²) in [4.78, 5) is 16.3. The number of rotatable bonds is 2. The molecule has 0 spiro atoms. The minimum absolute atomic E-state index is 0.0579. The van der Waals surface area contributed by atoms with Gasteiger partial charge in [0, 0.05) is 13.1 Å². The predicted octanol–water partition coefficient (Wildman–Crippen LogP) is 0.805. The molecule has 2 N–H and O–H groups in total. The Morgan fingerprint density at radius 1 is 1.64 bits per heavy atom. The Morgan fingerprint density at radius 3 is 2.86 bits per heavy atom. The third kappa shape index (κ3) is 4.43. The molecule has 0 aromatic heterocycles. The summed E-state index contributed by atoms with van der Waals surface area (Å²) in [5.41, 5.74) is 2.31. The van der Waals surface area contributed by atoms with Gasteiger partial charge in [-0.05, 0) is 27.2 Å². The van der Waals surface area contributed by atoms with E-state index in [2.05, 4.69) is 10.8 Å². The Kier molecular flexibility index (Phi) is 3.71. The fourth-order valence-corrected chi connectivity index (χ4v) is 1.11. The van der Waals surface area contributed by atoms with E-state index in [1.165, 1.54) is 0 Å². The van der Waals surface area contributed by atoms with Crippen molar-refractivity contribution < 1.29 is 14.4 Å². The van der Waals surface area contributed by atoms with Crippen LogP contribution in [0.4, 0.5) is 4.79 Å². The van der Waals surface area contributed by atoms with Crippen LogP contribution in [-0.2, 0) is 9.57 Å². The van der Waals surface area contributed by atoms with Gasteiger partial charge in [-0.25, -0.2) is 10.3 Å². The molecule has 14 heavy (non-hydrogen) atoms. The van der Waals surface area contributed by atoms with E-state index in [0.717, 1.165) is 13.0 Å². The number of nitrogens with one attached hydrogen (secondary N) is 2. The average Bonchev–Trinajstić information content (AvgIpc) is 2.49. The zero-order chi connectivity index (χ0) is 10.6. The summed E-state index contributed by atoms with van der Waals surface area (Å²) in [5.74, 6) is 0. The van der Waals surface area contributed by atoms with E-state index in [1.807, 2.05) is 20.8 Å². The largest absolute Gasteiger partial charge is 0.444 e. The summed E-state index contributed by atoms with van der Waals surface area (Å²) in [7, 11) is 0. The highest BCUT2D eigenvalue weighted by molar-refractivity contribution is 5.67. The summed E-state index contributed by atoms with van der Waals surface area (Å²) >= 11 is 0. The molecule has 1 saturated heterocycles. The first-order valence-corrected chi connectivity index (χ1v) is 4.83. The lowest BCUT2D eigenvalue weighted by molar-refractivity contribution is 0.0253. The first-order valence-electron chi connectivity index (χ1n) is 4.83. The highest BCUT2D eigenvalue weighted by Crippen LogP contribution is 2.07. The maximum Gasteiger partial charge on any atom is 0.407 e. The maximum absolute atomic E-state index is 11.2. The second-order valence-corrected chi connectivity index (χ2v) is 4.31.